The van der Waals surface area contributed by atoms with Crippen LogP contribution in [0.25, 0.3) is 0 Å². The fraction of sp³-hybridized carbons (Fsp3) is 0.312. The summed E-state index contributed by atoms with van der Waals surface area (Å²) in [6.45, 7) is 4.57. The third-order valence-corrected chi connectivity index (χ3v) is 4.06. The Balaban J connectivity index is 1.77. The summed E-state index contributed by atoms with van der Waals surface area (Å²) in [5.41, 5.74) is 1.54. The number of morpholine rings is 1. The number of aromatic nitrogens is 2. The SMILES string of the molecule is Cc1nc(N2CCOCC2)ncc1C(=O)Nc1cc(Cl)cc(Cl)c1. The molecular weight excluding hydrogens is 351 g/mol. The minimum atomic E-state index is -0.306. The van der Waals surface area contributed by atoms with Crippen molar-refractivity contribution in [1.82, 2.24) is 9.97 Å². The highest BCUT2D eigenvalue weighted by atomic mass is 35.5. The summed E-state index contributed by atoms with van der Waals surface area (Å²) in [6.07, 6.45) is 1.54. The smallest absolute Gasteiger partial charge is 0.259 e. The quantitative estimate of drug-likeness (QED) is 0.903. The molecule has 1 aromatic heterocycles. The van der Waals surface area contributed by atoms with Gasteiger partial charge in [0, 0.05) is 35.0 Å². The topological polar surface area (TPSA) is 67.3 Å². The van der Waals surface area contributed by atoms with Crippen molar-refractivity contribution in [3.63, 3.8) is 0 Å². The number of anilines is 2. The Morgan fingerprint density at radius 3 is 2.50 bits per heavy atom. The Morgan fingerprint density at radius 2 is 1.88 bits per heavy atom. The molecule has 24 heavy (non-hydrogen) atoms. The van der Waals surface area contributed by atoms with Crippen LogP contribution in [0.2, 0.25) is 10.0 Å². The van der Waals surface area contributed by atoms with Gasteiger partial charge in [-0.3, -0.25) is 4.79 Å². The van der Waals surface area contributed by atoms with Crippen LogP contribution in [-0.4, -0.2) is 42.2 Å². The molecule has 2 heterocycles. The molecule has 1 fully saturated rings. The van der Waals surface area contributed by atoms with Crippen molar-refractivity contribution in [1.29, 1.82) is 0 Å². The number of ether oxygens (including phenoxy) is 1. The van der Waals surface area contributed by atoms with E-state index in [-0.39, 0.29) is 5.91 Å². The van der Waals surface area contributed by atoms with Crippen LogP contribution in [0.4, 0.5) is 11.6 Å². The number of carbonyl (C=O) groups is 1. The average molecular weight is 367 g/mol. The molecule has 0 atom stereocenters. The van der Waals surface area contributed by atoms with Crippen molar-refractivity contribution < 1.29 is 9.53 Å². The molecule has 0 spiro atoms. The molecule has 0 bridgehead atoms. The second kappa shape index (κ2) is 7.34. The molecule has 2 aromatic rings. The Bertz CT molecular complexity index is 743. The Labute approximate surface area is 149 Å². The lowest BCUT2D eigenvalue weighted by Crippen LogP contribution is -2.37. The Kier molecular flexibility index (Phi) is 5.18. The molecule has 126 valence electrons. The van der Waals surface area contributed by atoms with Crippen LogP contribution in [0, 0.1) is 6.92 Å². The zero-order chi connectivity index (χ0) is 17.1. The van der Waals surface area contributed by atoms with Gasteiger partial charge in [-0.25, -0.2) is 9.97 Å². The highest BCUT2D eigenvalue weighted by molar-refractivity contribution is 6.35. The molecule has 0 saturated carbocycles. The number of nitrogens with zero attached hydrogens (tertiary/aromatic N) is 3. The second-order valence-electron chi connectivity index (χ2n) is 5.38. The van der Waals surface area contributed by atoms with Gasteiger partial charge in [0.05, 0.1) is 24.5 Å². The number of amides is 1. The lowest BCUT2D eigenvalue weighted by atomic mass is 10.2. The van der Waals surface area contributed by atoms with Gasteiger partial charge in [-0.1, -0.05) is 23.2 Å². The van der Waals surface area contributed by atoms with Crippen LogP contribution >= 0.6 is 23.2 Å². The largest absolute Gasteiger partial charge is 0.378 e. The summed E-state index contributed by atoms with van der Waals surface area (Å²) >= 11 is 11.9. The second-order valence-corrected chi connectivity index (χ2v) is 6.25. The molecule has 6 nitrogen and oxygen atoms in total. The van der Waals surface area contributed by atoms with E-state index >= 15 is 0 Å². The fourth-order valence-corrected chi connectivity index (χ4v) is 2.94. The zero-order valence-electron chi connectivity index (χ0n) is 13.1. The first-order valence-corrected chi connectivity index (χ1v) is 8.22. The first-order chi connectivity index (χ1) is 11.5. The summed E-state index contributed by atoms with van der Waals surface area (Å²) in [5, 5.41) is 3.66. The first kappa shape index (κ1) is 17.0. The van der Waals surface area contributed by atoms with Crippen LogP contribution in [0.3, 0.4) is 0 Å². The molecule has 1 aliphatic rings. The molecule has 0 aliphatic carbocycles. The maximum atomic E-state index is 12.4. The summed E-state index contributed by atoms with van der Waals surface area (Å²) in [7, 11) is 0. The Hall–Kier alpha value is -1.89. The highest BCUT2D eigenvalue weighted by Crippen LogP contribution is 2.23. The van der Waals surface area contributed by atoms with Crippen LogP contribution in [0.15, 0.2) is 24.4 Å². The van der Waals surface area contributed by atoms with Crippen molar-refractivity contribution >= 4 is 40.7 Å². The van der Waals surface area contributed by atoms with E-state index in [2.05, 4.69) is 15.3 Å². The van der Waals surface area contributed by atoms with E-state index in [1.54, 1.807) is 25.1 Å². The molecule has 0 radical (unpaired) electrons. The molecule has 1 amide bonds. The van der Waals surface area contributed by atoms with Crippen molar-refractivity contribution in [2.24, 2.45) is 0 Å². The van der Waals surface area contributed by atoms with Crippen molar-refractivity contribution in [2.45, 2.75) is 6.92 Å². The van der Waals surface area contributed by atoms with Gasteiger partial charge < -0.3 is 15.0 Å². The van der Waals surface area contributed by atoms with Gasteiger partial charge in [-0.2, -0.15) is 0 Å². The van der Waals surface area contributed by atoms with Crippen molar-refractivity contribution in [2.75, 3.05) is 36.5 Å². The van der Waals surface area contributed by atoms with Crippen molar-refractivity contribution in [3.8, 4) is 0 Å². The van der Waals surface area contributed by atoms with Crippen LogP contribution < -0.4 is 10.2 Å². The summed E-state index contributed by atoms with van der Waals surface area (Å²) in [4.78, 5) is 23.2. The molecule has 1 aromatic carbocycles. The monoisotopic (exact) mass is 366 g/mol. The number of benzene rings is 1. The minimum Gasteiger partial charge on any atom is -0.378 e. The van der Waals surface area contributed by atoms with Crippen LogP contribution in [0.1, 0.15) is 16.1 Å². The standard InChI is InChI=1S/C16H16Cl2N4O2/c1-10-14(9-19-16(20-10)22-2-4-24-5-3-22)15(23)21-13-7-11(17)6-12(18)8-13/h6-9H,2-5H2,1H3,(H,21,23). The lowest BCUT2D eigenvalue weighted by Gasteiger charge is -2.27. The average Bonchev–Trinajstić information content (AvgIpc) is 2.54. The van der Waals surface area contributed by atoms with E-state index < -0.39 is 0 Å². The van der Waals surface area contributed by atoms with Gasteiger partial charge in [-0.05, 0) is 25.1 Å². The molecular formula is C16H16Cl2N4O2. The number of halogens is 2. The predicted molar refractivity (Wildman–Crippen MR) is 94.2 cm³/mol. The zero-order valence-corrected chi connectivity index (χ0v) is 14.6. The van der Waals surface area contributed by atoms with E-state index in [4.69, 9.17) is 27.9 Å². The van der Waals surface area contributed by atoms with E-state index in [1.807, 2.05) is 4.90 Å². The number of hydrogen-bond acceptors (Lipinski definition) is 5. The van der Waals surface area contributed by atoms with Gasteiger partial charge in [-0.15, -0.1) is 0 Å². The fourth-order valence-electron chi connectivity index (χ4n) is 2.42. The molecule has 1 saturated heterocycles. The van der Waals surface area contributed by atoms with E-state index in [0.717, 1.165) is 13.1 Å². The number of nitrogens with one attached hydrogen (secondary N) is 1. The molecule has 1 aliphatic heterocycles. The maximum absolute atomic E-state index is 12.4. The minimum absolute atomic E-state index is 0.306. The summed E-state index contributed by atoms with van der Waals surface area (Å²) in [5.74, 6) is 0.303. The summed E-state index contributed by atoms with van der Waals surface area (Å²) in [6, 6.07) is 4.86. The van der Waals surface area contributed by atoms with Crippen LogP contribution in [0.5, 0.6) is 0 Å². The number of aryl methyl sites for hydroxylation is 1. The van der Waals surface area contributed by atoms with E-state index in [1.165, 1.54) is 6.20 Å². The molecule has 1 N–H and O–H groups in total. The predicted octanol–water partition coefficient (Wildman–Crippen LogP) is 3.18. The normalized spacial score (nSPS) is 14.5. The van der Waals surface area contributed by atoms with E-state index in [9.17, 15) is 4.79 Å². The lowest BCUT2D eigenvalue weighted by molar-refractivity contribution is 0.102. The number of rotatable bonds is 3. The van der Waals surface area contributed by atoms with Gasteiger partial charge in [0.1, 0.15) is 0 Å². The van der Waals surface area contributed by atoms with Gasteiger partial charge in [0.2, 0.25) is 5.95 Å². The maximum Gasteiger partial charge on any atom is 0.259 e. The molecule has 0 unspecified atom stereocenters. The number of carbonyl (C=O) groups excluding carboxylic acids is 1. The Morgan fingerprint density at radius 1 is 1.21 bits per heavy atom. The molecule has 3 rings (SSSR count). The summed E-state index contributed by atoms with van der Waals surface area (Å²) < 4.78 is 5.32. The number of hydrogen-bond donors (Lipinski definition) is 1. The van der Waals surface area contributed by atoms with Gasteiger partial charge >= 0.3 is 0 Å². The highest BCUT2D eigenvalue weighted by Gasteiger charge is 2.17. The first-order valence-electron chi connectivity index (χ1n) is 7.47. The van der Waals surface area contributed by atoms with Gasteiger partial charge in [0.15, 0.2) is 0 Å². The van der Waals surface area contributed by atoms with Crippen LogP contribution in [-0.2, 0) is 4.74 Å². The third kappa shape index (κ3) is 3.95. The molecule has 8 heteroatoms. The van der Waals surface area contributed by atoms with Gasteiger partial charge in [0.25, 0.3) is 5.91 Å². The van der Waals surface area contributed by atoms with Crippen molar-refractivity contribution in [3.05, 3.63) is 45.7 Å². The third-order valence-electron chi connectivity index (χ3n) is 3.63. The van der Waals surface area contributed by atoms with E-state index in [0.29, 0.717) is 46.2 Å².